The molecule has 0 unspecified atom stereocenters. The smallest absolute Gasteiger partial charge is 0.265 e. The van der Waals surface area contributed by atoms with E-state index in [0.29, 0.717) is 28.8 Å². The summed E-state index contributed by atoms with van der Waals surface area (Å²) in [5.41, 5.74) is 1.31. The van der Waals surface area contributed by atoms with Crippen molar-refractivity contribution in [3.8, 4) is 0 Å². The highest BCUT2D eigenvalue weighted by molar-refractivity contribution is 7.89. The van der Waals surface area contributed by atoms with E-state index in [4.69, 9.17) is 11.6 Å². The Kier molecular flexibility index (Phi) is 5.63. The maximum absolute atomic E-state index is 12.9. The summed E-state index contributed by atoms with van der Waals surface area (Å²) in [6, 6.07) is 15.7. The maximum atomic E-state index is 12.9. The number of benzene rings is 2. The Labute approximate surface area is 194 Å². The second kappa shape index (κ2) is 8.44. The normalized spacial score (nSPS) is 15.3. The van der Waals surface area contributed by atoms with E-state index in [9.17, 15) is 13.2 Å². The van der Waals surface area contributed by atoms with Gasteiger partial charge in [0.1, 0.15) is 5.15 Å². The van der Waals surface area contributed by atoms with Crippen LogP contribution in [0.2, 0.25) is 5.15 Å². The van der Waals surface area contributed by atoms with Crippen LogP contribution in [0, 0.1) is 0 Å². The van der Waals surface area contributed by atoms with E-state index < -0.39 is 10.0 Å². The molecule has 1 aliphatic heterocycles. The lowest BCUT2D eigenvalue weighted by Crippen LogP contribution is -2.35. The van der Waals surface area contributed by atoms with E-state index in [1.165, 1.54) is 15.6 Å². The first-order chi connectivity index (χ1) is 15.4. The summed E-state index contributed by atoms with van der Waals surface area (Å²) in [6.45, 7) is 1.11. The Balaban J connectivity index is 1.39. The van der Waals surface area contributed by atoms with Crippen molar-refractivity contribution < 1.29 is 13.2 Å². The van der Waals surface area contributed by atoms with Crippen LogP contribution >= 0.6 is 22.9 Å². The summed E-state index contributed by atoms with van der Waals surface area (Å²) in [4.78, 5) is 18.0. The van der Waals surface area contributed by atoms with Crippen molar-refractivity contribution in [2.24, 2.45) is 0 Å². The van der Waals surface area contributed by atoms with Crippen LogP contribution < -0.4 is 5.32 Å². The Bertz CT molecular complexity index is 1430. The first-order valence-electron chi connectivity index (χ1n) is 10.3. The standard InChI is InChI=1S/C23H20ClN3O3S2/c24-22-18-14-20(31-21(18)17-6-2-3-7-19(17)26-22)23(28)25-15-8-10-16(11-9-15)32(29,30)27-12-4-1-5-13-27/h2-3,6-11,14H,1,4-5,12-13H2,(H,25,28). The van der Waals surface area contributed by atoms with Gasteiger partial charge in [0.25, 0.3) is 5.91 Å². The number of nitrogens with zero attached hydrogens (tertiary/aromatic N) is 2. The van der Waals surface area contributed by atoms with Gasteiger partial charge in [0.05, 0.1) is 15.3 Å². The second-order valence-electron chi connectivity index (χ2n) is 7.72. The number of nitrogens with one attached hydrogen (secondary N) is 1. The third-order valence-corrected chi connectivity index (χ3v) is 8.98. The molecule has 164 valence electrons. The van der Waals surface area contributed by atoms with Gasteiger partial charge in [-0.05, 0) is 49.2 Å². The molecule has 0 radical (unpaired) electrons. The summed E-state index contributed by atoms with van der Waals surface area (Å²) in [6.07, 6.45) is 2.83. The molecule has 0 saturated carbocycles. The third kappa shape index (κ3) is 3.88. The molecule has 0 atom stereocenters. The fourth-order valence-corrected chi connectivity index (χ4v) is 6.84. The maximum Gasteiger partial charge on any atom is 0.265 e. The first-order valence-corrected chi connectivity index (χ1v) is 13.0. The molecule has 4 aromatic rings. The summed E-state index contributed by atoms with van der Waals surface area (Å²) in [5.74, 6) is -0.280. The second-order valence-corrected chi connectivity index (χ2v) is 11.1. The largest absolute Gasteiger partial charge is 0.321 e. The lowest BCUT2D eigenvalue weighted by Gasteiger charge is -2.25. The SMILES string of the molecule is O=C(Nc1ccc(S(=O)(=O)N2CCCCC2)cc1)c1cc2c(Cl)nc3ccccc3c2s1. The number of hydrogen-bond acceptors (Lipinski definition) is 5. The van der Waals surface area contributed by atoms with E-state index in [0.717, 1.165) is 40.3 Å². The number of sulfonamides is 1. The van der Waals surface area contributed by atoms with E-state index in [2.05, 4.69) is 10.3 Å². The number of thiophene rings is 1. The Morgan fingerprint density at radius 1 is 1.00 bits per heavy atom. The molecule has 0 bridgehead atoms. The van der Waals surface area contributed by atoms with Gasteiger partial charge in [-0.15, -0.1) is 11.3 Å². The van der Waals surface area contributed by atoms with E-state index in [-0.39, 0.29) is 10.8 Å². The third-order valence-electron chi connectivity index (χ3n) is 5.61. The van der Waals surface area contributed by atoms with Gasteiger partial charge in [-0.2, -0.15) is 4.31 Å². The molecule has 6 nitrogen and oxygen atoms in total. The van der Waals surface area contributed by atoms with Crippen LogP contribution in [-0.4, -0.2) is 36.7 Å². The van der Waals surface area contributed by atoms with Crippen molar-refractivity contribution in [2.75, 3.05) is 18.4 Å². The van der Waals surface area contributed by atoms with E-state index >= 15 is 0 Å². The van der Waals surface area contributed by atoms with Gasteiger partial charge in [-0.3, -0.25) is 4.79 Å². The summed E-state index contributed by atoms with van der Waals surface area (Å²) in [5, 5.41) is 4.89. The Morgan fingerprint density at radius 2 is 1.72 bits per heavy atom. The molecule has 0 spiro atoms. The number of anilines is 1. The predicted molar refractivity (Wildman–Crippen MR) is 129 cm³/mol. The minimum atomic E-state index is -3.50. The van der Waals surface area contributed by atoms with E-state index in [1.54, 1.807) is 30.3 Å². The highest BCUT2D eigenvalue weighted by Gasteiger charge is 2.25. The van der Waals surface area contributed by atoms with Gasteiger partial charge in [-0.1, -0.05) is 36.2 Å². The van der Waals surface area contributed by atoms with Crippen LogP contribution in [0.25, 0.3) is 21.0 Å². The van der Waals surface area contributed by atoms with Gasteiger partial charge < -0.3 is 5.32 Å². The van der Waals surface area contributed by atoms with Crippen LogP contribution in [0.15, 0.2) is 59.5 Å². The average Bonchev–Trinajstić information content (AvgIpc) is 3.27. The quantitative estimate of drug-likeness (QED) is 0.385. The van der Waals surface area contributed by atoms with Crippen LogP contribution in [0.4, 0.5) is 5.69 Å². The van der Waals surface area contributed by atoms with Crippen LogP contribution in [-0.2, 0) is 10.0 Å². The van der Waals surface area contributed by atoms with Gasteiger partial charge in [0, 0.05) is 34.2 Å². The zero-order chi connectivity index (χ0) is 22.3. The minimum absolute atomic E-state index is 0.239. The van der Waals surface area contributed by atoms with Crippen molar-refractivity contribution >= 4 is 65.5 Å². The molecule has 5 rings (SSSR count). The van der Waals surface area contributed by atoms with Crippen molar-refractivity contribution in [1.29, 1.82) is 0 Å². The molecular formula is C23H20ClN3O3S2. The summed E-state index contributed by atoms with van der Waals surface area (Å²) >= 11 is 7.70. The molecule has 1 N–H and O–H groups in total. The Hall–Kier alpha value is -2.52. The van der Waals surface area contributed by atoms with Gasteiger partial charge in [0.15, 0.2) is 0 Å². The highest BCUT2D eigenvalue weighted by Crippen LogP contribution is 2.36. The lowest BCUT2D eigenvalue weighted by atomic mass is 10.2. The number of aromatic nitrogens is 1. The summed E-state index contributed by atoms with van der Waals surface area (Å²) < 4.78 is 28.0. The Morgan fingerprint density at radius 3 is 2.47 bits per heavy atom. The molecular weight excluding hydrogens is 466 g/mol. The van der Waals surface area contributed by atoms with Crippen LogP contribution in [0.5, 0.6) is 0 Å². The molecule has 2 aromatic carbocycles. The number of hydrogen-bond donors (Lipinski definition) is 1. The zero-order valence-corrected chi connectivity index (χ0v) is 19.4. The molecule has 3 heterocycles. The number of piperidine rings is 1. The molecule has 32 heavy (non-hydrogen) atoms. The van der Waals surface area contributed by atoms with Gasteiger partial charge in [0.2, 0.25) is 10.0 Å². The fraction of sp³-hybridized carbons (Fsp3) is 0.217. The van der Waals surface area contributed by atoms with Crippen molar-refractivity contribution in [3.05, 3.63) is 64.6 Å². The fourth-order valence-electron chi connectivity index (χ4n) is 3.94. The van der Waals surface area contributed by atoms with E-state index in [1.807, 2.05) is 24.3 Å². The first kappa shape index (κ1) is 21.3. The molecule has 1 fully saturated rings. The zero-order valence-electron chi connectivity index (χ0n) is 17.0. The number of carbonyl (C=O) groups excluding carboxylic acids is 1. The molecule has 1 amide bonds. The molecule has 1 saturated heterocycles. The molecule has 2 aromatic heterocycles. The van der Waals surface area contributed by atoms with Gasteiger partial charge in [-0.25, -0.2) is 13.4 Å². The minimum Gasteiger partial charge on any atom is -0.321 e. The number of rotatable bonds is 4. The number of fused-ring (bicyclic) bond motifs is 3. The summed E-state index contributed by atoms with van der Waals surface area (Å²) in [7, 11) is -3.50. The molecule has 1 aliphatic rings. The lowest BCUT2D eigenvalue weighted by molar-refractivity contribution is 0.103. The van der Waals surface area contributed by atoms with Gasteiger partial charge >= 0.3 is 0 Å². The average molecular weight is 486 g/mol. The monoisotopic (exact) mass is 485 g/mol. The number of carbonyl (C=O) groups is 1. The topological polar surface area (TPSA) is 79.4 Å². The predicted octanol–water partition coefficient (Wildman–Crippen LogP) is 5.53. The van der Waals surface area contributed by atoms with Crippen LogP contribution in [0.1, 0.15) is 28.9 Å². The molecule has 0 aliphatic carbocycles. The number of amides is 1. The number of para-hydroxylation sites is 1. The van der Waals surface area contributed by atoms with Crippen LogP contribution in [0.3, 0.4) is 0 Å². The van der Waals surface area contributed by atoms with Crippen molar-refractivity contribution in [1.82, 2.24) is 9.29 Å². The number of pyridine rings is 1. The highest BCUT2D eigenvalue weighted by atomic mass is 35.5. The van der Waals surface area contributed by atoms with Crippen molar-refractivity contribution in [2.45, 2.75) is 24.2 Å². The van der Waals surface area contributed by atoms with Crippen molar-refractivity contribution in [3.63, 3.8) is 0 Å². The number of halogens is 1. The molecule has 9 heteroatoms.